The number of fused-ring (bicyclic) bond motifs is 1. The second-order valence-corrected chi connectivity index (χ2v) is 12.1. The van der Waals surface area contributed by atoms with Crippen LogP contribution in [0.5, 0.6) is 0 Å². The quantitative estimate of drug-likeness (QED) is 0.546. The minimum atomic E-state index is -4.90. The summed E-state index contributed by atoms with van der Waals surface area (Å²) in [7, 11) is -5.35. The lowest BCUT2D eigenvalue weighted by molar-refractivity contribution is -0.137. The van der Waals surface area contributed by atoms with E-state index in [0.717, 1.165) is 12.5 Å². The molecule has 0 unspecified atom stereocenters. The molecule has 0 amide bonds. The van der Waals surface area contributed by atoms with Crippen LogP contribution in [0.25, 0.3) is 10.9 Å². The van der Waals surface area contributed by atoms with Crippen LogP contribution in [-0.2, 0) is 25.3 Å². The van der Waals surface area contributed by atoms with E-state index in [2.05, 4.69) is 4.98 Å². The standard InChI is InChI=1S/C20H24BF4NO4S/c1-17(2)18(3,4)30-21(29-17)15-11-9-14(31(27,28)19(5)7-6-8-19)26-16(11)13(22)10-12(15)20(23,24)25/h9-10,26H,6-8H2,1-5H3. The van der Waals surface area contributed by atoms with Crippen molar-refractivity contribution >= 4 is 33.3 Å². The van der Waals surface area contributed by atoms with Crippen LogP contribution >= 0.6 is 0 Å². The first-order valence-corrected chi connectivity index (χ1v) is 11.5. The maximum absolute atomic E-state index is 14.7. The summed E-state index contributed by atoms with van der Waals surface area (Å²) in [6.45, 7) is 8.33. The normalized spacial score (nSPS) is 22.7. The molecule has 170 valence electrons. The summed E-state index contributed by atoms with van der Waals surface area (Å²) in [4.78, 5) is 2.52. The Morgan fingerprint density at radius 1 is 1.03 bits per heavy atom. The number of hydrogen-bond acceptors (Lipinski definition) is 4. The van der Waals surface area contributed by atoms with Crippen molar-refractivity contribution in [1.29, 1.82) is 0 Å². The summed E-state index contributed by atoms with van der Waals surface area (Å²) in [6, 6.07) is 1.44. The van der Waals surface area contributed by atoms with Gasteiger partial charge < -0.3 is 14.3 Å². The predicted molar refractivity (Wildman–Crippen MR) is 108 cm³/mol. The Kier molecular flexibility index (Phi) is 4.72. The molecule has 2 aliphatic rings. The van der Waals surface area contributed by atoms with E-state index in [1.807, 2.05) is 0 Å². The van der Waals surface area contributed by atoms with Gasteiger partial charge >= 0.3 is 13.3 Å². The summed E-state index contributed by atoms with van der Waals surface area (Å²) >= 11 is 0. The van der Waals surface area contributed by atoms with Crippen LogP contribution in [-0.4, -0.2) is 36.5 Å². The molecule has 0 bridgehead atoms. The fourth-order valence-electron chi connectivity index (χ4n) is 4.06. The van der Waals surface area contributed by atoms with Crippen LogP contribution in [0.4, 0.5) is 17.6 Å². The van der Waals surface area contributed by atoms with Gasteiger partial charge in [0.05, 0.1) is 27.0 Å². The average Bonchev–Trinajstić information content (AvgIpc) is 3.11. The Bertz CT molecular complexity index is 1150. The first-order valence-electron chi connectivity index (χ1n) is 10.0. The molecular formula is C20H24BF4NO4S. The van der Waals surface area contributed by atoms with Crippen LogP contribution in [0, 0.1) is 5.82 Å². The fourth-order valence-corrected chi connectivity index (χ4v) is 5.92. The molecule has 2 heterocycles. The number of nitrogens with one attached hydrogen (secondary N) is 1. The highest BCUT2D eigenvalue weighted by Gasteiger charge is 2.55. The zero-order chi connectivity index (χ0) is 23.2. The molecule has 1 aliphatic heterocycles. The van der Waals surface area contributed by atoms with Gasteiger partial charge in [-0.25, -0.2) is 12.8 Å². The monoisotopic (exact) mass is 461 g/mol. The Hall–Kier alpha value is -1.59. The van der Waals surface area contributed by atoms with Crippen LogP contribution in [0.15, 0.2) is 17.2 Å². The van der Waals surface area contributed by atoms with Crippen molar-refractivity contribution in [3.8, 4) is 0 Å². The summed E-state index contributed by atoms with van der Waals surface area (Å²) in [6.07, 6.45) is -3.29. The van der Waals surface area contributed by atoms with Crippen LogP contribution < -0.4 is 5.46 Å². The number of hydrogen-bond donors (Lipinski definition) is 1. The smallest absolute Gasteiger partial charge is 0.399 e. The third-order valence-corrected chi connectivity index (χ3v) is 9.53. The number of aromatic nitrogens is 1. The number of rotatable bonds is 3. The van der Waals surface area contributed by atoms with E-state index in [1.165, 1.54) is 0 Å². The van der Waals surface area contributed by atoms with Gasteiger partial charge in [-0.1, -0.05) is 6.42 Å². The Morgan fingerprint density at radius 2 is 1.58 bits per heavy atom. The molecule has 5 nitrogen and oxygen atoms in total. The van der Waals surface area contributed by atoms with E-state index in [0.29, 0.717) is 18.9 Å². The minimum absolute atomic E-state index is 0.215. The van der Waals surface area contributed by atoms with E-state index < -0.39 is 55.9 Å². The highest BCUT2D eigenvalue weighted by Crippen LogP contribution is 2.44. The Morgan fingerprint density at radius 3 is 2.03 bits per heavy atom. The van der Waals surface area contributed by atoms with E-state index in [-0.39, 0.29) is 15.9 Å². The van der Waals surface area contributed by atoms with Crippen LogP contribution in [0.2, 0.25) is 0 Å². The third kappa shape index (κ3) is 3.22. The van der Waals surface area contributed by atoms with Gasteiger partial charge in [0.15, 0.2) is 9.84 Å². The minimum Gasteiger partial charge on any atom is -0.399 e. The van der Waals surface area contributed by atoms with Crippen molar-refractivity contribution in [2.45, 2.75) is 81.0 Å². The van der Waals surface area contributed by atoms with Crippen LogP contribution in [0.3, 0.4) is 0 Å². The second-order valence-electron chi connectivity index (χ2n) is 9.63. The number of benzene rings is 1. The highest BCUT2D eigenvalue weighted by atomic mass is 32.2. The number of H-pyrrole nitrogens is 1. The molecule has 11 heteroatoms. The highest BCUT2D eigenvalue weighted by molar-refractivity contribution is 7.92. The van der Waals surface area contributed by atoms with Crippen molar-refractivity contribution < 1.29 is 35.3 Å². The Labute approximate surface area is 178 Å². The molecule has 1 aromatic heterocycles. The van der Waals surface area contributed by atoms with Gasteiger partial charge in [-0.2, -0.15) is 13.2 Å². The van der Waals surface area contributed by atoms with Crippen molar-refractivity contribution in [3.63, 3.8) is 0 Å². The number of alkyl halides is 3. The van der Waals surface area contributed by atoms with Crippen LogP contribution in [0.1, 0.15) is 59.4 Å². The number of aromatic amines is 1. The van der Waals surface area contributed by atoms with Gasteiger partial charge in [-0.3, -0.25) is 0 Å². The zero-order valence-corrected chi connectivity index (χ0v) is 18.7. The number of halogens is 4. The summed E-state index contributed by atoms with van der Waals surface area (Å²) in [5.41, 5.74) is -3.88. The molecule has 1 aliphatic carbocycles. The summed E-state index contributed by atoms with van der Waals surface area (Å²) in [5, 5.41) is -0.520. The van der Waals surface area contributed by atoms with Crippen molar-refractivity contribution in [2.24, 2.45) is 0 Å². The first-order chi connectivity index (χ1) is 14.0. The molecule has 1 N–H and O–H groups in total. The lowest BCUT2D eigenvalue weighted by atomic mass is 9.73. The van der Waals surface area contributed by atoms with E-state index in [4.69, 9.17) is 9.31 Å². The van der Waals surface area contributed by atoms with Gasteiger partial charge in [0.25, 0.3) is 0 Å². The molecule has 2 fully saturated rings. The topological polar surface area (TPSA) is 68.4 Å². The largest absolute Gasteiger partial charge is 0.496 e. The molecule has 2 aromatic rings. The van der Waals surface area contributed by atoms with Gasteiger partial charge in [0.2, 0.25) is 0 Å². The molecule has 1 aromatic carbocycles. The van der Waals surface area contributed by atoms with Crippen molar-refractivity contribution in [3.05, 3.63) is 23.5 Å². The molecular weight excluding hydrogens is 437 g/mol. The maximum Gasteiger partial charge on any atom is 0.496 e. The lowest BCUT2D eigenvalue weighted by Gasteiger charge is -2.36. The first kappa shape index (κ1) is 22.6. The van der Waals surface area contributed by atoms with E-state index in [9.17, 15) is 26.0 Å². The van der Waals surface area contributed by atoms with Crippen molar-refractivity contribution in [1.82, 2.24) is 4.98 Å². The maximum atomic E-state index is 14.7. The molecule has 1 saturated carbocycles. The molecule has 1 saturated heterocycles. The van der Waals surface area contributed by atoms with Gasteiger partial charge in [-0.05, 0) is 59.6 Å². The molecule has 0 radical (unpaired) electrons. The van der Waals surface area contributed by atoms with E-state index in [1.54, 1.807) is 34.6 Å². The predicted octanol–water partition coefficient (Wildman–Crippen LogP) is 4.34. The molecule has 31 heavy (non-hydrogen) atoms. The Balaban J connectivity index is 1.97. The SMILES string of the molecule is CC1(C)OB(c2c(C(F)(F)F)cc(F)c3[nH]c(S(=O)(=O)C4(C)CCC4)cc23)OC1(C)C. The summed E-state index contributed by atoms with van der Waals surface area (Å²) in [5.74, 6) is -1.19. The van der Waals surface area contributed by atoms with Gasteiger partial charge in [0.1, 0.15) is 10.8 Å². The number of sulfone groups is 1. The second kappa shape index (κ2) is 6.48. The molecule has 0 atom stereocenters. The summed E-state index contributed by atoms with van der Waals surface area (Å²) < 4.78 is 93.2. The van der Waals surface area contributed by atoms with Crippen molar-refractivity contribution in [2.75, 3.05) is 0 Å². The molecule has 0 spiro atoms. The van der Waals surface area contributed by atoms with E-state index >= 15 is 0 Å². The molecule has 4 rings (SSSR count). The third-order valence-electron chi connectivity index (χ3n) is 7.03. The fraction of sp³-hybridized carbons (Fsp3) is 0.600. The van der Waals surface area contributed by atoms with Gasteiger partial charge in [0, 0.05) is 10.8 Å². The van der Waals surface area contributed by atoms with Gasteiger partial charge in [-0.15, -0.1) is 0 Å². The lowest BCUT2D eigenvalue weighted by Crippen LogP contribution is -2.42. The average molecular weight is 461 g/mol. The zero-order valence-electron chi connectivity index (χ0n) is 17.9.